The zero-order valence-electron chi connectivity index (χ0n) is 17.1. The molecule has 2 fully saturated rings. The molecule has 0 saturated carbocycles. The van der Waals surface area contributed by atoms with Crippen molar-refractivity contribution in [2.75, 3.05) is 43.2 Å². The van der Waals surface area contributed by atoms with E-state index < -0.39 is 17.8 Å². The number of morpholine rings is 1. The van der Waals surface area contributed by atoms with E-state index in [1.807, 2.05) is 12.1 Å². The molecule has 32 heavy (non-hydrogen) atoms. The van der Waals surface area contributed by atoms with Gasteiger partial charge in [0, 0.05) is 30.4 Å². The first kappa shape index (κ1) is 22.1. The molecule has 2 heterocycles. The van der Waals surface area contributed by atoms with E-state index >= 15 is 0 Å². The maximum atomic E-state index is 13.1. The van der Waals surface area contributed by atoms with Crippen molar-refractivity contribution in [2.24, 2.45) is 0 Å². The summed E-state index contributed by atoms with van der Waals surface area (Å²) in [5.74, 6) is -1.09. The number of amides is 4. The van der Waals surface area contributed by atoms with Gasteiger partial charge >= 0.3 is 6.03 Å². The smallest absolute Gasteiger partial charge is 0.335 e. The number of ether oxygens (including phenoxy) is 2. The highest BCUT2D eigenvalue weighted by Crippen LogP contribution is 2.31. The molecule has 0 radical (unpaired) electrons. The molecule has 0 aliphatic carbocycles. The summed E-state index contributed by atoms with van der Waals surface area (Å²) in [4.78, 5) is 40.9. The summed E-state index contributed by atoms with van der Waals surface area (Å²) >= 11 is 12.0. The van der Waals surface area contributed by atoms with E-state index in [1.54, 1.807) is 6.07 Å². The molecule has 4 amide bonds. The van der Waals surface area contributed by atoms with Gasteiger partial charge in [0.15, 0.2) is 0 Å². The van der Waals surface area contributed by atoms with E-state index in [9.17, 15) is 14.4 Å². The van der Waals surface area contributed by atoms with Gasteiger partial charge in [0.05, 0.1) is 36.1 Å². The molecule has 2 aromatic carbocycles. The summed E-state index contributed by atoms with van der Waals surface area (Å²) in [5, 5.41) is 2.63. The molecule has 166 valence electrons. The molecule has 2 saturated heterocycles. The molecule has 2 aliphatic rings. The molecule has 0 atom stereocenters. The Kier molecular flexibility index (Phi) is 6.36. The van der Waals surface area contributed by atoms with Crippen LogP contribution in [0.2, 0.25) is 10.0 Å². The van der Waals surface area contributed by atoms with Crippen molar-refractivity contribution >= 4 is 58.5 Å². The van der Waals surface area contributed by atoms with E-state index in [2.05, 4.69) is 10.2 Å². The van der Waals surface area contributed by atoms with Crippen molar-refractivity contribution in [3.05, 3.63) is 57.6 Å². The molecule has 1 N–H and O–H groups in total. The average molecular weight is 476 g/mol. The van der Waals surface area contributed by atoms with Gasteiger partial charge in [0.1, 0.15) is 11.3 Å². The lowest BCUT2D eigenvalue weighted by Crippen LogP contribution is -2.54. The lowest BCUT2D eigenvalue weighted by atomic mass is 10.0. The van der Waals surface area contributed by atoms with Crippen LogP contribution in [-0.2, 0) is 14.3 Å². The highest BCUT2D eigenvalue weighted by molar-refractivity contribution is 6.43. The van der Waals surface area contributed by atoms with Crippen LogP contribution in [0.15, 0.2) is 42.0 Å². The molecular weight excluding hydrogens is 457 g/mol. The minimum atomic E-state index is -0.870. The predicted octanol–water partition coefficient (Wildman–Crippen LogP) is 3.51. The lowest BCUT2D eigenvalue weighted by Gasteiger charge is -2.29. The van der Waals surface area contributed by atoms with Crippen molar-refractivity contribution in [3.8, 4) is 5.75 Å². The number of urea groups is 1. The van der Waals surface area contributed by atoms with Gasteiger partial charge in [-0.05, 0) is 36.4 Å². The first-order valence-electron chi connectivity index (χ1n) is 9.76. The Morgan fingerprint density at radius 3 is 2.41 bits per heavy atom. The van der Waals surface area contributed by atoms with Gasteiger partial charge in [-0.25, -0.2) is 9.69 Å². The standard InChI is InChI=1S/C22H19Cl2N3O5/c1-31-19-12-14(26-6-8-32-9-7-26)3-2-13(19)10-16-20(28)25-22(30)27(21(16)29)15-4-5-17(23)18(24)11-15/h2-5,10-12H,6-9H2,1H3,(H,25,28,30)/b16-10+. The van der Waals surface area contributed by atoms with Gasteiger partial charge < -0.3 is 14.4 Å². The third kappa shape index (κ3) is 4.29. The normalized spacial score (nSPS) is 18.2. The van der Waals surface area contributed by atoms with Crippen LogP contribution in [0.25, 0.3) is 6.08 Å². The van der Waals surface area contributed by atoms with E-state index in [1.165, 1.54) is 31.4 Å². The zero-order valence-corrected chi connectivity index (χ0v) is 18.6. The molecule has 2 aliphatic heterocycles. The zero-order chi connectivity index (χ0) is 22.8. The van der Waals surface area contributed by atoms with Gasteiger partial charge in [-0.1, -0.05) is 23.2 Å². The van der Waals surface area contributed by atoms with Crippen LogP contribution in [0.5, 0.6) is 5.75 Å². The number of hydrogen-bond acceptors (Lipinski definition) is 6. The largest absolute Gasteiger partial charge is 0.496 e. The Morgan fingerprint density at radius 2 is 1.72 bits per heavy atom. The van der Waals surface area contributed by atoms with Gasteiger partial charge in [0.2, 0.25) is 0 Å². The summed E-state index contributed by atoms with van der Waals surface area (Å²) in [6.45, 7) is 2.79. The van der Waals surface area contributed by atoms with Crippen LogP contribution >= 0.6 is 23.2 Å². The number of carbonyl (C=O) groups excluding carboxylic acids is 3. The number of halogens is 2. The van der Waals surface area contributed by atoms with Crippen LogP contribution in [0, 0.1) is 0 Å². The highest BCUT2D eigenvalue weighted by Gasteiger charge is 2.37. The first-order valence-corrected chi connectivity index (χ1v) is 10.5. The number of nitrogens with zero attached hydrogens (tertiary/aromatic N) is 2. The van der Waals surface area contributed by atoms with Crippen LogP contribution in [-0.4, -0.2) is 51.3 Å². The second kappa shape index (κ2) is 9.20. The van der Waals surface area contributed by atoms with E-state index in [4.69, 9.17) is 32.7 Å². The number of nitrogens with one attached hydrogen (secondary N) is 1. The molecule has 8 nitrogen and oxygen atoms in total. The molecule has 10 heteroatoms. The molecule has 0 unspecified atom stereocenters. The first-order chi connectivity index (χ1) is 15.4. The van der Waals surface area contributed by atoms with Crippen molar-refractivity contribution in [2.45, 2.75) is 0 Å². The summed E-state index contributed by atoms with van der Waals surface area (Å²) < 4.78 is 10.9. The molecule has 2 aromatic rings. The van der Waals surface area contributed by atoms with Gasteiger partial charge in [0.25, 0.3) is 11.8 Å². The maximum absolute atomic E-state index is 13.1. The Balaban J connectivity index is 1.68. The van der Waals surface area contributed by atoms with Crippen LogP contribution in [0.4, 0.5) is 16.2 Å². The monoisotopic (exact) mass is 475 g/mol. The summed E-state index contributed by atoms with van der Waals surface area (Å²) in [5.41, 5.74) is 1.44. The molecule has 0 bridgehead atoms. The molecule has 0 aromatic heterocycles. The van der Waals surface area contributed by atoms with Crippen LogP contribution < -0.4 is 19.9 Å². The van der Waals surface area contributed by atoms with Crippen molar-refractivity contribution in [1.29, 1.82) is 0 Å². The number of hydrogen-bond donors (Lipinski definition) is 1. The second-order valence-corrected chi connectivity index (χ2v) is 7.90. The summed E-state index contributed by atoms with van der Waals surface area (Å²) in [6, 6.07) is 8.93. The number of methoxy groups -OCH3 is 1. The number of barbiturate groups is 1. The van der Waals surface area contributed by atoms with Crippen molar-refractivity contribution in [1.82, 2.24) is 5.32 Å². The fraction of sp³-hybridized carbons (Fsp3) is 0.227. The minimum Gasteiger partial charge on any atom is -0.496 e. The summed E-state index contributed by atoms with van der Waals surface area (Å²) in [6.07, 6.45) is 1.40. The van der Waals surface area contributed by atoms with Gasteiger partial charge in [-0.15, -0.1) is 0 Å². The highest BCUT2D eigenvalue weighted by atomic mass is 35.5. The van der Waals surface area contributed by atoms with Crippen molar-refractivity contribution in [3.63, 3.8) is 0 Å². The Bertz CT molecular complexity index is 1130. The number of rotatable bonds is 4. The maximum Gasteiger partial charge on any atom is 0.335 e. The van der Waals surface area contributed by atoms with Crippen LogP contribution in [0.1, 0.15) is 5.56 Å². The number of benzene rings is 2. The van der Waals surface area contributed by atoms with E-state index in [0.29, 0.717) is 24.5 Å². The Morgan fingerprint density at radius 1 is 1.00 bits per heavy atom. The van der Waals surface area contributed by atoms with Crippen LogP contribution in [0.3, 0.4) is 0 Å². The fourth-order valence-electron chi connectivity index (χ4n) is 3.51. The number of carbonyl (C=O) groups is 3. The van der Waals surface area contributed by atoms with Gasteiger partial charge in [-0.2, -0.15) is 0 Å². The number of anilines is 2. The minimum absolute atomic E-state index is 0.174. The topological polar surface area (TPSA) is 88.2 Å². The average Bonchev–Trinajstić information content (AvgIpc) is 2.79. The Labute approximate surface area is 194 Å². The fourth-order valence-corrected chi connectivity index (χ4v) is 3.80. The lowest BCUT2D eigenvalue weighted by molar-refractivity contribution is -0.122. The predicted molar refractivity (Wildman–Crippen MR) is 121 cm³/mol. The van der Waals surface area contributed by atoms with Gasteiger partial charge in [-0.3, -0.25) is 14.9 Å². The molecule has 0 spiro atoms. The third-order valence-electron chi connectivity index (χ3n) is 5.16. The number of imide groups is 2. The SMILES string of the molecule is COc1cc(N2CCOCC2)ccc1/C=C1\C(=O)NC(=O)N(c2ccc(Cl)c(Cl)c2)C1=O. The summed E-state index contributed by atoms with van der Waals surface area (Å²) in [7, 11) is 1.51. The quantitative estimate of drug-likeness (QED) is 0.537. The Hall–Kier alpha value is -3.07. The molecule has 4 rings (SSSR count). The van der Waals surface area contributed by atoms with E-state index in [-0.39, 0.29) is 21.3 Å². The third-order valence-corrected chi connectivity index (χ3v) is 5.90. The second-order valence-electron chi connectivity index (χ2n) is 7.08. The van der Waals surface area contributed by atoms with E-state index in [0.717, 1.165) is 23.7 Å². The molecular formula is C22H19Cl2N3O5. The van der Waals surface area contributed by atoms with Crippen molar-refractivity contribution < 1.29 is 23.9 Å².